The minimum atomic E-state index is -3.66. The Kier molecular flexibility index (Phi) is 4.96. The van der Waals surface area contributed by atoms with Crippen LogP contribution in [0.3, 0.4) is 0 Å². The van der Waals surface area contributed by atoms with E-state index in [1.54, 1.807) is 13.0 Å². The monoisotopic (exact) mass is 346 g/mol. The maximum atomic E-state index is 12.8. The lowest BCUT2D eigenvalue weighted by Crippen LogP contribution is -2.31. The highest BCUT2D eigenvalue weighted by molar-refractivity contribution is 7.91. The van der Waals surface area contributed by atoms with Crippen molar-refractivity contribution in [2.24, 2.45) is 5.92 Å². The van der Waals surface area contributed by atoms with Gasteiger partial charge in [0.25, 0.3) is 0 Å². The standard InChI is InChI=1S/C14H22N2O4S2/c1-11-4-5-13(21(3,17)18)8-14(11)22(19,20)16-7-6-12(10-16)9-15-2/h4-5,8,12,15H,6-7,9-10H2,1-3H3. The highest BCUT2D eigenvalue weighted by Crippen LogP contribution is 2.27. The molecule has 0 spiro atoms. The summed E-state index contributed by atoms with van der Waals surface area (Å²) < 4.78 is 50.4. The molecule has 0 radical (unpaired) electrons. The molecule has 1 aromatic rings. The number of sulfone groups is 1. The Morgan fingerprint density at radius 1 is 1.27 bits per heavy atom. The van der Waals surface area contributed by atoms with E-state index >= 15 is 0 Å². The second-order valence-corrected chi connectivity index (χ2v) is 9.70. The minimum absolute atomic E-state index is 0.0302. The maximum Gasteiger partial charge on any atom is 0.243 e. The number of sulfonamides is 1. The van der Waals surface area contributed by atoms with E-state index in [1.165, 1.54) is 16.4 Å². The molecule has 0 saturated carbocycles. The summed E-state index contributed by atoms with van der Waals surface area (Å²) in [4.78, 5) is 0.114. The second kappa shape index (κ2) is 6.27. The smallest absolute Gasteiger partial charge is 0.243 e. The highest BCUT2D eigenvalue weighted by atomic mass is 32.2. The van der Waals surface area contributed by atoms with Crippen molar-refractivity contribution in [3.05, 3.63) is 23.8 Å². The van der Waals surface area contributed by atoms with Crippen LogP contribution in [0.1, 0.15) is 12.0 Å². The number of nitrogens with one attached hydrogen (secondary N) is 1. The van der Waals surface area contributed by atoms with Crippen LogP contribution in [0.5, 0.6) is 0 Å². The number of hydrogen-bond acceptors (Lipinski definition) is 5. The van der Waals surface area contributed by atoms with Gasteiger partial charge in [0.05, 0.1) is 9.79 Å². The molecule has 1 atom stereocenters. The molecule has 0 bridgehead atoms. The highest BCUT2D eigenvalue weighted by Gasteiger charge is 2.33. The van der Waals surface area contributed by atoms with E-state index in [4.69, 9.17) is 0 Å². The van der Waals surface area contributed by atoms with Gasteiger partial charge in [-0.2, -0.15) is 4.31 Å². The van der Waals surface area contributed by atoms with Crippen LogP contribution in [0.15, 0.2) is 28.0 Å². The molecule has 8 heteroatoms. The fraction of sp³-hybridized carbons (Fsp3) is 0.571. The molecule has 124 valence electrons. The third-order valence-electron chi connectivity index (χ3n) is 3.95. The third kappa shape index (κ3) is 3.51. The molecule has 0 aliphatic carbocycles. The lowest BCUT2D eigenvalue weighted by molar-refractivity contribution is 0.450. The average molecular weight is 346 g/mol. The molecule has 1 saturated heterocycles. The first-order chi connectivity index (χ1) is 10.2. The van der Waals surface area contributed by atoms with Gasteiger partial charge in [-0.3, -0.25) is 0 Å². The van der Waals surface area contributed by atoms with Gasteiger partial charge in [0.1, 0.15) is 0 Å². The number of benzene rings is 1. The predicted octanol–water partition coefficient (Wildman–Crippen LogP) is 0.629. The van der Waals surface area contributed by atoms with Crippen molar-refractivity contribution < 1.29 is 16.8 Å². The summed E-state index contributed by atoms with van der Waals surface area (Å²) >= 11 is 0. The summed E-state index contributed by atoms with van der Waals surface area (Å²) in [6, 6.07) is 4.26. The quantitative estimate of drug-likeness (QED) is 0.845. The van der Waals surface area contributed by atoms with Crippen molar-refractivity contribution in [3.63, 3.8) is 0 Å². The van der Waals surface area contributed by atoms with E-state index in [0.717, 1.165) is 19.2 Å². The molecule has 6 nitrogen and oxygen atoms in total. The Morgan fingerprint density at radius 2 is 1.95 bits per heavy atom. The zero-order chi connectivity index (χ0) is 16.5. The van der Waals surface area contributed by atoms with Crippen molar-refractivity contribution in [2.75, 3.05) is 32.9 Å². The molecule has 1 aliphatic heterocycles. The molecule has 1 N–H and O–H groups in total. The van der Waals surface area contributed by atoms with E-state index in [1.807, 2.05) is 7.05 Å². The van der Waals surface area contributed by atoms with Crippen molar-refractivity contribution in [3.8, 4) is 0 Å². The molecule has 1 heterocycles. The van der Waals surface area contributed by atoms with Crippen molar-refractivity contribution in [2.45, 2.75) is 23.1 Å². The Bertz CT molecular complexity index is 757. The van der Waals surface area contributed by atoms with Gasteiger partial charge in [0.2, 0.25) is 10.0 Å². The molecule has 0 amide bonds. The summed E-state index contributed by atoms with van der Waals surface area (Å²) in [6.07, 6.45) is 1.89. The summed E-state index contributed by atoms with van der Waals surface area (Å²) in [6.45, 7) is 3.39. The molecule has 1 unspecified atom stereocenters. The average Bonchev–Trinajstić information content (AvgIpc) is 2.87. The molecular formula is C14H22N2O4S2. The first-order valence-electron chi connectivity index (χ1n) is 7.11. The third-order valence-corrected chi connectivity index (χ3v) is 7.06. The predicted molar refractivity (Wildman–Crippen MR) is 85.1 cm³/mol. The lowest BCUT2D eigenvalue weighted by Gasteiger charge is -2.18. The van der Waals surface area contributed by atoms with Crippen LogP contribution in [0, 0.1) is 12.8 Å². The van der Waals surface area contributed by atoms with E-state index in [2.05, 4.69) is 5.32 Å². The van der Waals surface area contributed by atoms with Gasteiger partial charge in [-0.1, -0.05) is 6.07 Å². The number of nitrogens with zero attached hydrogens (tertiary/aromatic N) is 1. The lowest BCUT2D eigenvalue weighted by atomic mass is 10.1. The van der Waals surface area contributed by atoms with Gasteiger partial charge >= 0.3 is 0 Å². The van der Waals surface area contributed by atoms with E-state index in [-0.39, 0.29) is 15.7 Å². The molecule has 2 rings (SSSR count). The molecule has 1 fully saturated rings. The first kappa shape index (κ1) is 17.4. The largest absolute Gasteiger partial charge is 0.319 e. The van der Waals surface area contributed by atoms with Gasteiger partial charge in [-0.25, -0.2) is 16.8 Å². The van der Waals surface area contributed by atoms with Gasteiger partial charge in [-0.15, -0.1) is 0 Å². The number of aryl methyl sites for hydroxylation is 1. The molecule has 0 aromatic heterocycles. The second-order valence-electron chi connectivity index (χ2n) is 5.77. The van der Waals surface area contributed by atoms with Gasteiger partial charge in [-0.05, 0) is 50.6 Å². The van der Waals surface area contributed by atoms with Crippen LogP contribution < -0.4 is 5.32 Å². The van der Waals surface area contributed by atoms with E-state index in [0.29, 0.717) is 18.7 Å². The zero-order valence-corrected chi connectivity index (χ0v) is 14.7. The SMILES string of the molecule is CNCC1CCN(S(=O)(=O)c2cc(S(C)(=O)=O)ccc2C)C1. The summed E-state index contributed by atoms with van der Waals surface area (Å²) in [7, 11) is -5.26. The number of rotatable bonds is 5. The fourth-order valence-corrected chi connectivity index (χ4v) is 5.20. The molecule has 1 aliphatic rings. The minimum Gasteiger partial charge on any atom is -0.319 e. The van der Waals surface area contributed by atoms with Crippen molar-refractivity contribution >= 4 is 19.9 Å². The number of hydrogen-bond donors (Lipinski definition) is 1. The molecule has 1 aromatic carbocycles. The molecule has 22 heavy (non-hydrogen) atoms. The summed E-state index contributed by atoms with van der Waals surface area (Å²) in [5.74, 6) is 0.290. The van der Waals surface area contributed by atoms with Gasteiger partial charge < -0.3 is 5.32 Å². The zero-order valence-electron chi connectivity index (χ0n) is 13.0. The van der Waals surface area contributed by atoms with Crippen LogP contribution in [-0.4, -0.2) is 54.1 Å². The van der Waals surface area contributed by atoms with Crippen LogP contribution in [-0.2, 0) is 19.9 Å². The topological polar surface area (TPSA) is 83.6 Å². The maximum absolute atomic E-state index is 12.8. The van der Waals surface area contributed by atoms with Crippen LogP contribution in [0.25, 0.3) is 0 Å². The van der Waals surface area contributed by atoms with Crippen LogP contribution >= 0.6 is 0 Å². The van der Waals surface area contributed by atoms with E-state index in [9.17, 15) is 16.8 Å². The Morgan fingerprint density at radius 3 is 2.55 bits per heavy atom. The van der Waals surface area contributed by atoms with Crippen LogP contribution in [0.4, 0.5) is 0 Å². The normalized spacial score (nSPS) is 20.4. The van der Waals surface area contributed by atoms with Crippen molar-refractivity contribution in [1.82, 2.24) is 9.62 Å². The van der Waals surface area contributed by atoms with Gasteiger partial charge in [0.15, 0.2) is 9.84 Å². The summed E-state index contributed by atoms with van der Waals surface area (Å²) in [5, 5.41) is 3.06. The van der Waals surface area contributed by atoms with Crippen LogP contribution in [0.2, 0.25) is 0 Å². The van der Waals surface area contributed by atoms with E-state index < -0.39 is 19.9 Å². The van der Waals surface area contributed by atoms with Gasteiger partial charge in [0, 0.05) is 19.3 Å². The first-order valence-corrected chi connectivity index (χ1v) is 10.4. The Hall–Kier alpha value is -0.960. The van der Waals surface area contributed by atoms with Crippen molar-refractivity contribution in [1.29, 1.82) is 0 Å². The fourth-order valence-electron chi connectivity index (χ4n) is 2.70. The Labute approximate surface area is 132 Å². The molecular weight excluding hydrogens is 324 g/mol. The Balaban J connectivity index is 2.38. The summed E-state index contributed by atoms with van der Waals surface area (Å²) in [5.41, 5.74) is 0.560.